The summed E-state index contributed by atoms with van der Waals surface area (Å²) in [7, 11) is 1.55. The molecule has 0 saturated carbocycles. The van der Waals surface area contributed by atoms with E-state index in [1.54, 1.807) is 55.6 Å². The first-order valence-electron chi connectivity index (χ1n) is 8.61. The third-order valence-corrected chi connectivity index (χ3v) is 3.90. The number of benzene rings is 2. The molecule has 0 heterocycles. The van der Waals surface area contributed by atoms with Crippen molar-refractivity contribution in [1.29, 1.82) is 0 Å². The Hall–Kier alpha value is -3.06. The number of carbonyl (C=O) groups excluding carboxylic acids is 3. The Labute approximate surface area is 168 Å². The van der Waals surface area contributed by atoms with Crippen molar-refractivity contribution in [2.75, 3.05) is 24.4 Å². The molecule has 0 bridgehead atoms. The first kappa shape index (κ1) is 21.2. The molecule has 2 aromatic rings. The van der Waals surface area contributed by atoms with Gasteiger partial charge in [0, 0.05) is 29.2 Å². The molecule has 0 atom stereocenters. The number of rotatable bonds is 9. The van der Waals surface area contributed by atoms with E-state index in [0.29, 0.717) is 28.6 Å². The second kappa shape index (κ2) is 10.9. The molecule has 0 spiro atoms. The maximum atomic E-state index is 11.8. The Morgan fingerprint density at radius 1 is 0.857 bits per heavy atom. The molecule has 0 saturated heterocycles. The zero-order chi connectivity index (χ0) is 20.4. The van der Waals surface area contributed by atoms with Crippen LogP contribution in [-0.2, 0) is 19.1 Å². The van der Waals surface area contributed by atoms with Gasteiger partial charge in [-0.3, -0.25) is 14.4 Å². The molecule has 2 rings (SSSR count). The normalized spacial score (nSPS) is 10.1. The number of carbonyl (C=O) groups is 3. The molecule has 7 nitrogen and oxygen atoms in total. The summed E-state index contributed by atoms with van der Waals surface area (Å²) in [4.78, 5) is 35.3. The first-order chi connectivity index (χ1) is 13.5. The van der Waals surface area contributed by atoms with Crippen molar-refractivity contribution >= 4 is 40.8 Å². The quantitative estimate of drug-likeness (QED) is 0.622. The van der Waals surface area contributed by atoms with E-state index >= 15 is 0 Å². The molecule has 2 aromatic carbocycles. The van der Waals surface area contributed by atoms with Gasteiger partial charge >= 0.3 is 5.97 Å². The molecule has 0 aromatic heterocycles. The number of amides is 2. The number of anilines is 2. The van der Waals surface area contributed by atoms with Crippen LogP contribution >= 0.6 is 11.6 Å². The van der Waals surface area contributed by atoms with E-state index in [4.69, 9.17) is 21.1 Å². The maximum absolute atomic E-state index is 11.8. The Bertz CT molecular complexity index is 806. The van der Waals surface area contributed by atoms with E-state index in [-0.39, 0.29) is 25.4 Å². The minimum absolute atomic E-state index is 0.0455. The van der Waals surface area contributed by atoms with Crippen molar-refractivity contribution in [2.45, 2.75) is 19.3 Å². The van der Waals surface area contributed by atoms with E-state index in [0.717, 1.165) is 0 Å². The van der Waals surface area contributed by atoms with Gasteiger partial charge < -0.3 is 20.1 Å². The van der Waals surface area contributed by atoms with Crippen molar-refractivity contribution in [3.05, 3.63) is 53.6 Å². The minimum Gasteiger partial charge on any atom is -0.497 e. The van der Waals surface area contributed by atoms with E-state index in [2.05, 4.69) is 10.6 Å². The third kappa shape index (κ3) is 7.67. The summed E-state index contributed by atoms with van der Waals surface area (Å²) in [6.07, 6.45) is 0.526. The maximum Gasteiger partial charge on any atom is 0.306 e. The molecular formula is C20H21ClN2O5. The van der Waals surface area contributed by atoms with E-state index in [9.17, 15) is 14.4 Å². The van der Waals surface area contributed by atoms with E-state index in [1.807, 2.05) is 0 Å². The van der Waals surface area contributed by atoms with Gasteiger partial charge in [-0.1, -0.05) is 11.6 Å². The van der Waals surface area contributed by atoms with Crippen LogP contribution in [0.25, 0.3) is 0 Å². The van der Waals surface area contributed by atoms with Crippen LogP contribution in [0.15, 0.2) is 48.5 Å². The first-order valence-corrected chi connectivity index (χ1v) is 8.99. The lowest BCUT2D eigenvalue weighted by atomic mass is 10.2. The van der Waals surface area contributed by atoms with Gasteiger partial charge in [0.1, 0.15) is 5.75 Å². The van der Waals surface area contributed by atoms with Crippen LogP contribution in [0.1, 0.15) is 19.3 Å². The SMILES string of the molecule is COc1ccc(NC(=O)COC(=O)CCCC(=O)Nc2ccc(Cl)cc2)cc1. The monoisotopic (exact) mass is 404 g/mol. The van der Waals surface area contributed by atoms with Crippen LogP contribution < -0.4 is 15.4 Å². The van der Waals surface area contributed by atoms with Gasteiger partial charge in [-0.05, 0) is 55.0 Å². The standard InChI is InChI=1S/C20H21ClN2O5/c1-27-17-11-9-16(10-12-17)23-19(25)13-28-20(26)4-2-3-18(24)22-15-7-5-14(21)6-8-15/h5-12H,2-4,13H2,1H3,(H,22,24)(H,23,25). The van der Waals surface area contributed by atoms with Crippen LogP contribution in [-0.4, -0.2) is 31.5 Å². The summed E-state index contributed by atoms with van der Waals surface area (Å²) >= 11 is 5.78. The van der Waals surface area contributed by atoms with Gasteiger partial charge in [-0.25, -0.2) is 0 Å². The fourth-order valence-electron chi connectivity index (χ4n) is 2.24. The molecule has 0 fully saturated rings. The molecule has 0 aliphatic heterocycles. The zero-order valence-electron chi connectivity index (χ0n) is 15.4. The Kier molecular flexibility index (Phi) is 8.30. The predicted octanol–water partition coefficient (Wildman–Crippen LogP) is 3.64. The Morgan fingerprint density at radius 3 is 2.04 bits per heavy atom. The van der Waals surface area contributed by atoms with Gasteiger partial charge in [0.05, 0.1) is 7.11 Å². The van der Waals surface area contributed by atoms with Crippen LogP contribution in [0.2, 0.25) is 5.02 Å². The molecule has 0 unspecified atom stereocenters. The highest BCUT2D eigenvalue weighted by molar-refractivity contribution is 6.30. The molecule has 2 amide bonds. The Balaban J connectivity index is 1.61. The van der Waals surface area contributed by atoms with Crippen molar-refractivity contribution in [3.8, 4) is 5.75 Å². The highest BCUT2D eigenvalue weighted by Gasteiger charge is 2.10. The summed E-state index contributed by atoms with van der Waals surface area (Å²) in [5.41, 5.74) is 1.20. The summed E-state index contributed by atoms with van der Waals surface area (Å²) < 4.78 is 9.94. The number of esters is 1. The summed E-state index contributed by atoms with van der Waals surface area (Å²) in [5, 5.41) is 5.90. The largest absolute Gasteiger partial charge is 0.497 e. The number of hydrogen-bond acceptors (Lipinski definition) is 5. The number of methoxy groups -OCH3 is 1. The lowest BCUT2D eigenvalue weighted by Gasteiger charge is -2.08. The molecule has 2 N–H and O–H groups in total. The molecule has 0 aliphatic rings. The lowest BCUT2D eigenvalue weighted by molar-refractivity contribution is -0.147. The van der Waals surface area contributed by atoms with Gasteiger partial charge in [0.2, 0.25) is 5.91 Å². The summed E-state index contributed by atoms with van der Waals surface area (Å²) in [5.74, 6) is -0.528. The average Bonchev–Trinajstić information content (AvgIpc) is 2.69. The second-order valence-corrected chi connectivity index (χ2v) is 6.28. The van der Waals surface area contributed by atoms with Crippen LogP contribution in [0.3, 0.4) is 0 Å². The summed E-state index contributed by atoms with van der Waals surface area (Å²) in [6, 6.07) is 13.5. The van der Waals surface area contributed by atoms with Gasteiger partial charge in [-0.15, -0.1) is 0 Å². The lowest BCUT2D eigenvalue weighted by Crippen LogP contribution is -2.21. The van der Waals surface area contributed by atoms with Crippen LogP contribution in [0, 0.1) is 0 Å². The van der Waals surface area contributed by atoms with Gasteiger partial charge in [-0.2, -0.15) is 0 Å². The van der Waals surface area contributed by atoms with Gasteiger partial charge in [0.25, 0.3) is 5.91 Å². The Morgan fingerprint density at radius 2 is 1.43 bits per heavy atom. The second-order valence-electron chi connectivity index (χ2n) is 5.85. The number of ether oxygens (including phenoxy) is 2. The predicted molar refractivity (Wildman–Crippen MR) is 107 cm³/mol. The number of hydrogen-bond donors (Lipinski definition) is 2. The number of nitrogens with one attached hydrogen (secondary N) is 2. The van der Waals surface area contributed by atoms with Gasteiger partial charge in [0.15, 0.2) is 6.61 Å². The fourth-order valence-corrected chi connectivity index (χ4v) is 2.37. The van der Waals surface area contributed by atoms with Crippen molar-refractivity contribution in [3.63, 3.8) is 0 Å². The fraction of sp³-hybridized carbons (Fsp3) is 0.250. The molecule has 8 heteroatoms. The van der Waals surface area contributed by atoms with Crippen molar-refractivity contribution in [1.82, 2.24) is 0 Å². The average molecular weight is 405 g/mol. The highest BCUT2D eigenvalue weighted by Crippen LogP contribution is 2.15. The number of halogens is 1. The zero-order valence-corrected chi connectivity index (χ0v) is 16.1. The molecule has 0 aliphatic carbocycles. The van der Waals surface area contributed by atoms with E-state index < -0.39 is 11.9 Å². The molecule has 148 valence electrons. The molecular weight excluding hydrogens is 384 g/mol. The minimum atomic E-state index is -0.538. The topological polar surface area (TPSA) is 93.7 Å². The molecule has 28 heavy (non-hydrogen) atoms. The molecule has 0 radical (unpaired) electrons. The summed E-state index contributed by atoms with van der Waals surface area (Å²) in [6.45, 7) is -0.387. The third-order valence-electron chi connectivity index (χ3n) is 3.65. The van der Waals surface area contributed by atoms with Crippen LogP contribution in [0.5, 0.6) is 5.75 Å². The highest BCUT2D eigenvalue weighted by atomic mass is 35.5. The van der Waals surface area contributed by atoms with Crippen molar-refractivity contribution in [2.24, 2.45) is 0 Å². The van der Waals surface area contributed by atoms with E-state index in [1.165, 1.54) is 0 Å². The van der Waals surface area contributed by atoms with Crippen LogP contribution in [0.4, 0.5) is 11.4 Å². The van der Waals surface area contributed by atoms with Crippen molar-refractivity contribution < 1.29 is 23.9 Å². The smallest absolute Gasteiger partial charge is 0.306 e.